The van der Waals surface area contributed by atoms with Gasteiger partial charge in [-0.05, 0) is 26.0 Å². The number of methoxy groups -OCH3 is 1. The number of hydrogen-bond donors (Lipinski definition) is 2. The zero-order chi connectivity index (χ0) is 20.5. The highest BCUT2D eigenvalue weighted by molar-refractivity contribution is 7.90. The number of hydrogen-bond acceptors (Lipinski definition) is 8. The van der Waals surface area contributed by atoms with E-state index < -0.39 is 22.0 Å². The van der Waals surface area contributed by atoms with Gasteiger partial charge in [-0.25, -0.2) is 32.7 Å². The molecule has 0 saturated carbocycles. The second-order valence-electron chi connectivity index (χ2n) is 5.78. The minimum Gasteiger partial charge on any atom is -0.465 e. The summed E-state index contributed by atoms with van der Waals surface area (Å²) in [5.41, 5.74) is 1.23. The zero-order valence-electron chi connectivity index (χ0n) is 15.1. The molecule has 3 rings (SSSR count). The fourth-order valence-corrected chi connectivity index (χ4v) is 5.32. The second kappa shape index (κ2) is 7.52. The first-order valence-electron chi connectivity index (χ1n) is 7.97. The number of carbonyl (C=O) groups is 2. The number of nitrogens with one attached hydrogen (secondary N) is 2. The van der Waals surface area contributed by atoms with Crippen molar-refractivity contribution in [3.8, 4) is 0 Å². The van der Waals surface area contributed by atoms with Crippen molar-refractivity contribution >= 4 is 49.4 Å². The number of benzene rings is 1. The predicted octanol–water partition coefficient (Wildman–Crippen LogP) is 2.61. The Morgan fingerprint density at radius 1 is 1.11 bits per heavy atom. The number of thiophene rings is 1. The standard InChI is InChI=1S/C17H16N4O5S2/c1-9-8-10(2)19-16(18-9)20-17(23)21-28(24,25)14-11-6-4-5-7-12(11)27-13(14)15(22)26-3/h4-8H,1-3H3,(H2,18,19,20,21,23). The van der Waals surface area contributed by atoms with E-state index >= 15 is 0 Å². The average Bonchev–Trinajstić information content (AvgIpc) is 3.00. The molecule has 28 heavy (non-hydrogen) atoms. The highest BCUT2D eigenvalue weighted by atomic mass is 32.2. The van der Waals surface area contributed by atoms with Crippen LogP contribution in [0, 0.1) is 13.8 Å². The van der Waals surface area contributed by atoms with Crippen molar-refractivity contribution in [1.82, 2.24) is 14.7 Å². The van der Waals surface area contributed by atoms with Gasteiger partial charge in [0.15, 0.2) is 0 Å². The summed E-state index contributed by atoms with van der Waals surface area (Å²) in [4.78, 5) is 31.9. The van der Waals surface area contributed by atoms with Crippen molar-refractivity contribution in [3.63, 3.8) is 0 Å². The van der Waals surface area contributed by atoms with E-state index in [-0.39, 0.29) is 15.7 Å². The molecular weight excluding hydrogens is 404 g/mol. The lowest BCUT2D eigenvalue weighted by molar-refractivity contribution is 0.0602. The lowest BCUT2D eigenvalue weighted by Crippen LogP contribution is -2.35. The number of anilines is 1. The normalized spacial score (nSPS) is 11.2. The quantitative estimate of drug-likeness (QED) is 0.621. The lowest BCUT2D eigenvalue weighted by atomic mass is 10.2. The number of ether oxygens (including phenoxy) is 1. The second-order valence-corrected chi connectivity index (χ2v) is 8.45. The monoisotopic (exact) mass is 420 g/mol. The number of fused-ring (bicyclic) bond motifs is 1. The van der Waals surface area contributed by atoms with E-state index in [2.05, 4.69) is 20.0 Å². The topological polar surface area (TPSA) is 127 Å². The van der Waals surface area contributed by atoms with Gasteiger partial charge < -0.3 is 4.74 Å². The van der Waals surface area contributed by atoms with Crippen molar-refractivity contribution < 1.29 is 22.7 Å². The largest absolute Gasteiger partial charge is 0.465 e. The minimum absolute atomic E-state index is 0.0337. The van der Waals surface area contributed by atoms with Crippen molar-refractivity contribution in [1.29, 1.82) is 0 Å². The molecule has 0 saturated heterocycles. The number of carbonyl (C=O) groups excluding carboxylic acids is 2. The molecule has 2 N–H and O–H groups in total. The van der Waals surface area contributed by atoms with Gasteiger partial charge >= 0.3 is 12.0 Å². The fourth-order valence-electron chi connectivity index (χ4n) is 2.60. The number of amides is 2. The molecule has 0 fully saturated rings. The first kappa shape index (κ1) is 19.7. The summed E-state index contributed by atoms with van der Waals surface area (Å²) in [5.74, 6) is -0.840. The molecule has 0 atom stereocenters. The number of aromatic nitrogens is 2. The first-order valence-corrected chi connectivity index (χ1v) is 10.3. The van der Waals surface area contributed by atoms with Crippen LogP contribution >= 0.6 is 11.3 Å². The molecule has 0 radical (unpaired) electrons. The van der Waals surface area contributed by atoms with Gasteiger partial charge in [0.2, 0.25) is 5.95 Å². The summed E-state index contributed by atoms with van der Waals surface area (Å²) in [7, 11) is -3.22. The number of nitrogens with zero attached hydrogens (tertiary/aromatic N) is 2. The summed E-state index contributed by atoms with van der Waals surface area (Å²) in [5, 5.41) is 2.60. The van der Waals surface area contributed by atoms with Crippen LogP contribution in [-0.2, 0) is 14.8 Å². The van der Waals surface area contributed by atoms with Crippen LogP contribution in [0.25, 0.3) is 10.1 Å². The molecule has 0 unspecified atom stereocenters. The summed E-state index contributed by atoms with van der Waals surface area (Å²) in [6.45, 7) is 3.43. The summed E-state index contributed by atoms with van der Waals surface area (Å²) in [6, 6.07) is 7.25. The number of aryl methyl sites for hydroxylation is 2. The Balaban J connectivity index is 1.96. The molecule has 11 heteroatoms. The average molecular weight is 420 g/mol. The van der Waals surface area contributed by atoms with Gasteiger partial charge in [0, 0.05) is 21.5 Å². The van der Waals surface area contributed by atoms with E-state index in [9.17, 15) is 18.0 Å². The van der Waals surface area contributed by atoms with E-state index in [0.29, 0.717) is 21.5 Å². The Labute approximate surface area is 164 Å². The molecule has 146 valence electrons. The van der Waals surface area contributed by atoms with Gasteiger partial charge in [-0.3, -0.25) is 5.32 Å². The summed E-state index contributed by atoms with van der Waals surface area (Å²) < 4.78 is 32.9. The zero-order valence-corrected chi connectivity index (χ0v) is 16.8. The number of esters is 1. The molecule has 0 aliphatic rings. The van der Waals surface area contributed by atoms with E-state index in [4.69, 9.17) is 0 Å². The molecule has 2 aromatic heterocycles. The molecule has 0 aliphatic carbocycles. The maximum Gasteiger partial charge on any atom is 0.349 e. The molecule has 2 heterocycles. The number of rotatable bonds is 4. The van der Waals surface area contributed by atoms with Crippen LogP contribution in [0.3, 0.4) is 0 Å². The highest BCUT2D eigenvalue weighted by Gasteiger charge is 2.30. The summed E-state index contributed by atoms with van der Waals surface area (Å²) in [6.07, 6.45) is 0. The molecule has 9 nitrogen and oxygen atoms in total. The lowest BCUT2D eigenvalue weighted by Gasteiger charge is -2.09. The van der Waals surface area contributed by atoms with Crippen molar-refractivity contribution in [2.75, 3.05) is 12.4 Å². The van der Waals surface area contributed by atoms with E-state index in [1.807, 2.05) is 4.72 Å². The van der Waals surface area contributed by atoms with Crippen molar-refractivity contribution in [3.05, 3.63) is 46.6 Å². The highest BCUT2D eigenvalue weighted by Crippen LogP contribution is 2.35. The van der Waals surface area contributed by atoms with Gasteiger partial charge in [-0.1, -0.05) is 18.2 Å². The van der Waals surface area contributed by atoms with Crippen LogP contribution in [0.5, 0.6) is 0 Å². The molecule has 0 bridgehead atoms. The maximum atomic E-state index is 12.9. The van der Waals surface area contributed by atoms with Crippen LogP contribution in [-0.4, -0.2) is 37.5 Å². The fraction of sp³-hybridized carbons (Fsp3) is 0.176. The molecule has 3 aromatic rings. The summed E-state index contributed by atoms with van der Waals surface area (Å²) >= 11 is 0.968. The molecule has 0 spiro atoms. The van der Waals surface area contributed by atoms with E-state index in [1.54, 1.807) is 44.2 Å². The number of sulfonamides is 1. The van der Waals surface area contributed by atoms with Crippen LogP contribution in [0.4, 0.5) is 10.7 Å². The van der Waals surface area contributed by atoms with Gasteiger partial charge in [0.05, 0.1) is 7.11 Å². The SMILES string of the molecule is COC(=O)c1sc2ccccc2c1S(=O)(=O)NC(=O)Nc1nc(C)cc(C)n1. The van der Waals surface area contributed by atoms with Crippen LogP contribution in [0.15, 0.2) is 35.2 Å². The van der Waals surface area contributed by atoms with Gasteiger partial charge in [-0.2, -0.15) is 0 Å². The molecular formula is C17H16N4O5S2. The molecule has 2 amide bonds. The third-order valence-corrected chi connectivity index (χ3v) is 6.32. The Morgan fingerprint density at radius 3 is 2.39 bits per heavy atom. The smallest absolute Gasteiger partial charge is 0.349 e. The van der Waals surface area contributed by atoms with Gasteiger partial charge in [-0.15, -0.1) is 11.3 Å². The Morgan fingerprint density at radius 2 is 1.75 bits per heavy atom. The molecule has 0 aliphatic heterocycles. The Kier molecular flexibility index (Phi) is 5.29. The third kappa shape index (κ3) is 3.94. The molecule has 1 aromatic carbocycles. The Bertz CT molecular complexity index is 1170. The predicted molar refractivity (Wildman–Crippen MR) is 104 cm³/mol. The van der Waals surface area contributed by atoms with Crippen molar-refractivity contribution in [2.45, 2.75) is 18.7 Å². The van der Waals surface area contributed by atoms with Crippen LogP contribution in [0.2, 0.25) is 0 Å². The first-order chi connectivity index (χ1) is 13.2. The van der Waals surface area contributed by atoms with E-state index in [1.165, 1.54) is 0 Å². The Hall–Kier alpha value is -3.05. The van der Waals surface area contributed by atoms with Gasteiger partial charge in [0.1, 0.15) is 9.77 Å². The maximum absolute atomic E-state index is 12.9. The third-order valence-electron chi connectivity index (χ3n) is 3.62. The van der Waals surface area contributed by atoms with E-state index in [0.717, 1.165) is 18.4 Å². The van der Waals surface area contributed by atoms with Crippen LogP contribution in [0.1, 0.15) is 21.1 Å². The van der Waals surface area contributed by atoms with Crippen molar-refractivity contribution in [2.24, 2.45) is 0 Å². The number of urea groups is 1. The van der Waals surface area contributed by atoms with Gasteiger partial charge in [0.25, 0.3) is 10.0 Å². The minimum atomic E-state index is -4.38. The van der Waals surface area contributed by atoms with Crippen LogP contribution < -0.4 is 10.0 Å².